The normalized spacial score (nSPS) is 13.1. The molecule has 0 radical (unpaired) electrons. The van der Waals surface area contributed by atoms with Crippen molar-refractivity contribution in [1.82, 2.24) is 9.13 Å². The molecule has 0 bridgehead atoms. The van der Waals surface area contributed by atoms with Crippen molar-refractivity contribution in [2.24, 2.45) is 0 Å². The van der Waals surface area contributed by atoms with Crippen molar-refractivity contribution in [2.45, 2.75) is 18.3 Å². The van der Waals surface area contributed by atoms with Crippen molar-refractivity contribution in [1.29, 1.82) is 0 Å². The minimum Gasteiger partial charge on any atom is -0.309 e. The molecule has 0 atom stereocenters. The predicted molar refractivity (Wildman–Crippen MR) is 330 cm³/mol. The summed E-state index contributed by atoms with van der Waals surface area (Å²) in [6.07, 6.45) is 1.96. The molecule has 370 valence electrons. The molecule has 79 heavy (non-hydrogen) atoms. The van der Waals surface area contributed by atoms with Gasteiger partial charge in [-0.05, 0) is 184 Å². The Hall–Kier alpha value is -10.0. The summed E-state index contributed by atoms with van der Waals surface area (Å²) in [6.45, 7) is 0. The fraction of sp³-hybridized carbons (Fsp3) is 0.0390. The second kappa shape index (κ2) is 18.1. The van der Waals surface area contributed by atoms with Crippen LogP contribution >= 0.6 is 0 Å². The zero-order chi connectivity index (χ0) is 52.0. The van der Waals surface area contributed by atoms with E-state index < -0.39 is 0 Å². The lowest BCUT2D eigenvalue weighted by Crippen LogP contribution is -2.25. The van der Waals surface area contributed by atoms with Gasteiger partial charge in [0.05, 0.1) is 22.8 Å². The van der Waals surface area contributed by atoms with Gasteiger partial charge in [0.15, 0.2) is 0 Å². The molecule has 16 rings (SSSR count). The van der Waals surface area contributed by atoms with Gasteiger partial charge in [-0.25, -0.2) is 0 Å². The van der Waals surface area contributed by atoms with E-state index in [0.29, 0.717) is 0 Å². The Kier molecular flexibility index (Phi) is 10.3. The SMILES string of the molecule is c1ccc(-c2ccc(-c3ccccc3)n2-c2ccc3c(-c4ccc5ccccc5c4)c4cc(-n5c(-c6ccccc6)ccc5-c5ccccc5)ccc4c(-c4ccc5c(c4)C4(Cc6ccccc6C4)c4ccccc4-5)c3c2)cc1. The summed E-state index contributed by atoms with van der Waals surface area (Å²) in [5.41, 5.74) is 24.7. The van der Waals surface area contributed by atoms with E-state index in [2.05, 4.69) is 300 Å². The van der Waals surface area contributed by atoms with Crippen molar-refractivity contribution in [3.05, 3.63) is 313 Å². The van der Waals surface area contributed by atoms with Crippen LogP contribution in [-0.2, 0) is 18.3 Å². The summed E-state index contributed by atoms with van der Waals surface area (Å²) in [5, 5.41) is 7.28. The smallest absolute Gasteiger partial charge is 0.0535 e. The number of benzene rings is 12. The Morgan fingerprint density at radius 1 is 0.253 bits per heavy atom. The molecule has 2 aliphatic rings. The van der Waals surface area contributed by atoms with Gasteiger partial charge in [0.2, 0.25) is 0 Å². The van der Waals surface area contributed by atoms with Crippen LogP contribution in [0, 0.1) is 0 Å². The maximum absolute atomic E-state index is 2.60. The van der Waals surface area contributed by atoms with E-state index in [4.69, 9.17) is 0 Å². The van der Waals surface area contributed by atoms with Gasteiger partial charge in [0.1, 0.15) is 0 Å². The lowest BCUT2D eigenvalue weighted by Gasteiger charge is -2.27. The van der Waals surface area contributed by atoms with Gasteiger partial charge >= 0.3 is 0 Å². The monoisotopic (exact) mass is 1000 g/mol. The number of hydrogen-bond acceptors (Lipinski definition) is 0. The first kappa shape index (κ1) is 45.2. The Morgan fingerprint density at radius 3 is 1.16 bits per heavy atom. The first-order valence-electron chi connectivity index (χ1n) is 27.7. The topological polar surface area (TPSA) is 9.86 Å². The summed E-state index contributed by atoms with van der Waals surface area (Å²) in [7, 11) is 0. The summed E-state index contributed by atoms with van der Waals surface area (Å²) in [5.74, 6) is 0. The molecule has 0 unspecified atom stereocenters. The van der Waals surface area contributed by atoms with E-state index in [9.17, 15) is 0 Å². The standard InChI is InChI=1S/C77H52N2/c1-5-20-52(21-6-1)71-41-42-72(53-22-7-2-8-23-53)78(71)61-37-40-66-67(47-61)75(57-34-33-51-19-13-14-28-56(51)45-57)65-39-36-62(79-73(54-24-9-3-10-25-54)43-44-74(79)55-26-11-4-12-27-55)48-68(65)76(66)58-35-38-64-63-31-17-18-32-69(63)77(70(64)46-58)49-59-29-15-16-30-60(59)50-77/h1-48H,49-50H2. The number of rotatable bonds is 8. The molecule has 12 aromatic carbocycles. The molecule has 0 aliphatic heterocycles. The highest BCUT2D eigenvalue weighted by atomic mass is 15.0. The van der Waals surface area contributed by atoms with Crippen LogP contribution in [0.25, 0.3) is 122 Å². The highest BCUT2D eigenvalue weighted by Gasteiger charge is 2.47. The Bertz CT molecular complexity index is 4560. The molecular formula is C77H52N2. The van der Waals surface area contributed by atoms with E-state index in [-0.39, 0.29) is 5.41 Å². The molecule has 2 aliphatic carbocycles. The van der Waals surface area contributed by atoms with Crippen molar-refractivity contribution < 1.29 is 0 Å². The average molecular weight is 1010 g/mol. The maximum atomic E-state index is 2.60. The van der Waals surface area contributed by atoms with E-state index in [1.165, 1.54) is 110 Å². The van der Waals surface area contributed by atoms with Gasteiger partial charge in [-0.3, -0.25) is 0 Å². The molecular weight excluding hydrogens is 953 g/mol. The van der Waals surface area contributed by atoms with E-state index in [0.717, 1.165) is 47.0 Å². The molecule has 0 amide bonds. The minimum atomic E-state index is -0.170. The van der Waals surface area contributed by atoms with Crippen LogP contribution in [0.2, 0.25) is 0 Å². The third-order valence-electron chi connectivity index (χ3n) is 17.3. The van der Waals surface area contributed by atoms with Gasteiger partial charge in [0, 0.05) is 16.8 Å². The zero-order valence-electron chi connectivity index (χ0n) is 43.5. The quantitative estimate of drug-likeness (QED) is 0.134. The molecule has 2 aromatic heterocycles. The predicted octanol–water partition coefficient (Wildman–Crippen LogP) is 19.8. The van der Waals surface area contributed by atoms with E-state index in [1.807, 2.05) is 0 Å². The minimum absolute atomic E-state index is 0.170. The average Bonchev–Trinajstić information content (AvgIpc) is 4.24. The number of aromatic nitrogens is 2. The molecule has 0 saturated heterocycles. The van der Waals surface area contributed by atoms with Gasteiger partial charge in [-0.2, -0.15) is 0 Å². The summed E-state index contributed by atoms with van der Waals surface area (Å²) in [4.78, 5) is 0. The maximum Gasteiger partial charge on any atom is 0.0535 e. The van der Waals surface area contributed by atoms with Crippen LogP contribution < -0.4 is 0 Å². The van der Waals surface area contributed by atoms with Gasteiger partial charge in [-0.1, -0.05) is 231 Å². The highest BCUT2D eigenvalue weighted by molar-refractivity contribution is 6.22. The van der Waals surface area contributed by atoms with Crippen LogP contribution in [0.4, 0.5) is 0 Å². The Balaban J connectivity index is 1.03. The summed E-state index contributed by atoms with van der Waals surface area (Å²) < 4.78 is 4.95. The number of nitrogens with zero attached hydrogens (tertiary/aromatic N) is 2. The second-order valence-electron chi connectivity index (χ2n) is 21.6. The van der Waals surface area contributed by atoms with Gasteiger partial charge in [0.25, 0.3) is 0 Å². The molecule has 2 heteroatoms. The third-order valence-corrected chi connectivity index (χ3v) is 17.3. The number of hydrogen-bond donors (Lipinski definition) is 0. The molecule has 1 spiro atoms. The fourth-order valence-corrected chi connectivity index (χ4v) is 13.8. The van der Waals surface area contributed by atoms with Crippen LogP contribution in [-0.4, -0.2) is 9.13 Å². The van der Waals surface area contributed by atoms with Crippen molar-refractivity contribution in [3.63, 3.8) is 0 Å². The molecule has 2 nitrogen and oxygen atoms in total. The first-order valence-corrected chi connectivity index (χ1v) is 27.7. The van der Waals surface area contributed by atoms with Crippen LogP contribution in [0.3, 0.4) is 0 Å². The lowest BCUT2D eigenvalue weighted by atomic mass is 9.75. The third kappa shape index (κ3) is 7.18. The molecule has 0 N–H and O–H groups in total. The summed E-state index contributed by atoms with van der Waals surface area (Å²) in [6, 6.07) is 109. The lowest BCUT2D eigenvalue weighted by molar-refractivity contribution is 0.564. The van der Waals surface area contributed by atoms with E-state index >= 15 is 0 Å². The molecule has 14 aromatic rings. The van der Waals surface area contributed by atoms with Gasteiger partial charge < -0.3 is 9.13 Å². The molecule has 0 saturated carbocycles. The van der Waals surface area contributed by atoms with E-state index in [1.54, 1.807) is 0 Å². The Morgan fingerprint density at radius 2 is 0.658 bits per heavy atom. The molecule has 0 fully saturated rings. The van der Waals surface area contributed by atoms with Crippen molar-refractivity contribution in [2.75, 3.05) is 0 Å². The second-order valence-corrected chi connectivity index (χ2v) is 21.6. The zero-order valence-corrected chi connectivity index (χ0v) is 43.5. The Labute approximate surface area is 460 Å². The van der Waals surface area contributed by atoms with Gasteiger partial charge in [-0.15, -0.1) is 0 Å². The highest BCUT2D eigenvalue weighted by Crippen LogP contribution is 2.57. The molecule has 2 heterocycles. The fourth-order valence-electron chi connectivity index (χ4n) is 13.8. The van der Waals surface area contributed by atoms with Crippen LogP contribution in [0.5, 0.6) is 0 Å². The summed E-state index contributed by atoms with van der Waals surface area (Å²) >= 11 is 0. The number of fused-ring (bicyclic) bond motifs is 9. The largest absolute Gasteiger partial charge is 0.309 e. The van der Waals surface area contributed by atoms with Crippen molar-refractivity contribution >= 4 is 32.3 Å². The first-order chi connectivity index (χ1) is 39.1. The van der Waals surface area contributed by atoms with Crippen molar-refractivity contribution in [3.8, 4) is 89.8 Å². The van der Waals surface area contributed by atoms with Crippen LogP contribution in [0.15, 0.2) is 291 Å². The van der Waals surface area contributed by atoms with Crippen LogP contribution in [0.1, 0.15) is 22.3 Å².